The van der Waals surface area contributed by atoms with E-state index in [9.17, 15) is 10.2 Å². The SMILES string of the molecule is Cc1c(O)c(O)cc2c1C=CC1C2(C)CCC2C3CC(C)CCC3(C)CCC21C. The molecule has 0 heterocycles. The van der Waals surface area contributed by atoms with Gasteiger partial charge in [-0.1, -0.05) is 46.3 Å². The van der Waals surface area contributed by atoms with Crippen molar-refractivity contribution < 1.29 is 10.2 Å². The highest BCUT2D eigenvalue weighted by atomic mass is 16.3. The largest absolute Gasteiger partial charge is 0.504 e. The number of hydrogen-bond acceptors (Lipinski definition) is 2. The molecular weight excluding hydrogens is 356 g/mol. The molecule has 2 N–H and O–H groups in total. The van der Waals surface area contributed by atoms with E-state index in [1.54, 1.807) is 0 Å². The lowest BCUT2D eigenvalue weighted by Crippen LogP contribution is -2.58. The fourth-order valence-corrected chi connectivity index (χ4v) is 8.43. The molecule has 5 rings (SSSR count). The van der Waals surface area contributed by atoms with Gasteiger partial charge in [-0.25, -0.2) is 0 Å². The van der Waals surface area contributed by atoms with Gasteiger partial charge in [-0.2, -0.15) is 0 Å². The Balaban J connectivity index is 1.59. The molecule has 1 aromatic rings. The minimum Gasteiger partial charge on any atom is -0.504 e. The normalized spacial score (nSPS) is 45.7. The Labute approximate surface area is 176 Å². The van der Waals surface area contributed by atoms with Gasteiger partial charge in [0.1, 0.15) is 0 Å². The highest BCUT2D eigenvalue weighted by molar-refractivity contribution is 5.69. The number of benzene rings is 1. The van der Waals surface area contributed by atoms with Gasteiger partial charge in [-0.05, 0) is 97.1 Å². The third-order valence-corrected chi connectivity index (χ3v) is 10.3. The fraction of sp³-hybridized carbons (Fsp3) is 0.704. The van der Waals surface area contributed by atoms with Crippen LogP contribution in [0.5, 0.6) is 11.5 Å². The van der Waals surface area contributed by atoms with Gasteiger partial charge in [-0.15, -0.1) is 0 Å². The highest BCUT2D eigenvalue weighted by Crippen LogP contribution is 2.69. The predicted octanol–water partition coefficient (Wildman–Crippen LogP) is 6.96. The molecule has 0 aliphatic heterocycles. The summed E-state index contributed by atoms with van der Waals surface area (Å²) in [6.45, 7) is 12.0. The first-order chi connectivity index (χ1) is 13.6. The zero-order valence-corrected chi connectivity index (χ0v) is 18.9. The molecule has 0 radical (unpaired) electrons. The Hall–Kier alpha value is -1.44. The van der Waals surface area contributed by atoms with E-state index < -0.39 is 0 Å². The number of fused-ring (bicyclic) bond motifs is 7. The Kier molecular flexibility index (Phi) is 4.07. The molecule has 2 nitrogen and oxygen atoms in total. The molecule has 3 saturated carbocycles. The lowest BCUT2D eigenvalue weighted by molar-refractivity contribution is -0.129. The number of aromatic hydroxyl groups is 2. The Morgan fingerprint density at radius 1 is 0.966 bits per heavy atom. The van der Waals surface area contributed by atoms with E-state index in [0.717, 1.165) is 28.9 Å². The summed E-state index contributed by atoms with van der Waals surface area (Å²) < 4.78 is 0. The lowest BCUT2D eigenvalue weighted by Gasteiger charge is -2.65. The summed E-state index contributed by atoms with van der Waals surface area (Å²) in [7, 11) is 0. The molecule has 0 bridgehead atoms. The monoisotopic (exact) mass is 394 g/mol. The van der Waals surface area contributed by atoms with Crippen molar-refractivity contribution in [3.05, 3.63) is 28.8 Å². The van der Waals surface area contributed by atoms with Crippen molar-refractivity contribution in [1.82, 2.24) is 0 Å². The molecular formula is C27H38O2. The Morgan fingerprint density at radius 2 is 1.72 bits per heavy atom. The second kappa shape index (κ2) is 6.05. The first-order valence-corrected chi connectivity index (χ1v) is 11.8. The molecule has 0 saturated heterocycles. The Bertz CT molecular complexity index is 885. The van der Waals surface area contributed by atoms with E-state index in [1.807, 2.05) is 13.0 Å². The van der Waals surface area contributed by atoms with Crippen LogP contribution in [0.3, 0.4) is 0 Å². The van der Waals surface area contributed by atoms with E-state index in [0.29, 0.717) is 16.7 Å². The van der Waals surface area contributed by atoms with E-state index in [1.165, 1.54) is 50.5 Å². The quantitative estimate of drug-likeness (QED) is 0.467. The van der Waals surface area contributed by atoms with Crippen molar-refractivity contribution in [3.8, 4) is 11.5 Å². The van der Waals surface area contributed by atoms with Crippen LogP contribution < -0.4 is 0 Å². The van der Waals surface area contributed by atoms with Crippen LogP contribution in [0.25, 0.3) is 6.08 Å². The van der Waals surface area contributed by atoms with E-state index in [2.05, 4.69) is 39.8 Å². The number of allylic oxidation sites excluding steroid dienone is 1. The number of hydrogen-bond donors (Lipinski definition) is 2. The summed E-state index contributed by atoms with van der Waals surface area (Å²) in [6, 6.07) is 1.87. The third-order valence-electron chi connectivity index (χ3n) is 10.3. The van der Waals surface area contributed by atoms with Gasteiger partial charge in [-0.3, -0.25) is 0 Å². The van der Waals surface area contributed by atoms with Gasteiger partial charge in [0.05, 0.1) is 0 Å². The second-order valence-electron chi connectivity index (χ2n) is 11.9. The molecule has 4 aliphatic carbocycles. The van der Waals surface area contributed by atoms with Crippen molar-refractivity contribution in [1.29, 1.82) is 0 Å². The molecule has 7 atom stereocenters. The van der Waals surface area contributed by atoms with Crippen molar-refractivity contribution >= 4 is 6.08 Å². The minimum absolute atomic E-state index is 0.0410. The van der Waals surface area contributed by atoms with Gasteiger partial charge in [0.2, 0.25) is 0 Å². The first kappa shape index (κ1) is 19.5. The van der Waals surface area contributed by atoms with Crippen LogP contribution >= 0.6 is 0 Å². The zero-order valence-electron chi connectivity index (χ0n) is 18.9. The summed E-state index contributed by atoms with van der Waals surface area (Å²) in [5.74, 6) is 3.13. The van der Waals surface area contributed by atoms with Crippen LogP contribution in [0.1, 0.15) is 89.3 Å². The van der Waals surface area contributed by atoms with Gasteiger partial charge in [0.15, 0.2) is 11.5 Å². The maximum Gasteiger partial charge on any atom is 0.161 e. The number of rotatable bonds is 0. The molecule has 29 heavy (non-hydrogen) atoms. The van der Waals surface area contributed by atoms with E-state index >= 15 is 0 Å². The van der Waals surface area contributed by atoms with Crippen molar-refractivity contribution in [3.63, 3.8) is 0 Å². The first-order valence-electron chi connectivity index (χ1n) is 11.8. The molecule has 158 valence electrons. The zero-order chi connectivity index (χ0) is 20.8. The van der Waals surface area contributed by atoms with Crippen LogP contribution in [-0.2, 0) is 5.41 Å². The smallest absolute Gasteiger partial charge is 0.161 e. The van der Waals surface area contributed by atoms with Crippen molar-refractivity contribution in [2.45, 2.75) is 85.0 Å². The standard InChI is InChI=1S/C27H38O2/c1-16-8-10-25(3)12-13-27(5)19(21(25)14-16)9-11-26(4)20-15-22(28)24(29)17(2)18(20)6-7-23(26)27/h6-7,15-16,19,21,23,28-29H,8-14H2,1-5H3. The molecule has 0 aromatic heterocycles. The van der Waals surface area contributed by atoms with E-state index in [4.69, 9.17) is 0 Å². The summed E-state index contributed by atoms with van der Waals surface area (Å²) in [5.41, 5.74) is 4.11. The molecule has 0 spiro atoms. The maximum atomic E-state index is 10.4. The number of phenolic OH excluding ortho intramolecular Hbond substituents is 2. The van der Waals surface area contributed by atoms with Crippen LogP contribution in [0.2, 0.25) is 0 Å². The van der Waals surface area contributed by atoms with Gasteiger partial charge >= 0.3 is 0 Å². The predicted molar refractivity (Wildman–Crippen MR) is 119 cm³/mol. The van der Waals surface area contributed by atoms with E-state index in [-0.39, 0.29) is 16.9 Å². The average Bonchev–Trinajstić information content (AvgIpc) is 2.67. The number of phenols is 2. The topological polar surface area (TPSA) is 40.5 Å². The molecule has 1 aromatic carbocycles. The Morgan fingerprint density at radius 3 is 2.48 bits per heavy atom. The molecule has 4 aliphatic rings. The summed E-state index contributed by atoms with van der Waals surface area (Å²) >= 11 is 0. The van der Waals surface area contributed by atoms with Crippen molar-refractivity contribution in [2.24, 2.45) is 34.5 Å². The van der Waals surface area contributed by atoms with Gasteiger partial charge < -0.3 is 10.2 Å². The average molecular weight is 395 g/mol. The van der Waals surface area contributed by atoms with Crippen molar-refractivity contribution in [2.75, 3.05) is 0 Å². The highest BCUT2D eigenvalue weighted by Gasteiger charge is 2.61. The van der Waals surface area contributed by atoms with Crippen LogP contribution in [-0.4, -0.2) is 10.2 Å². The maximum absolute atomic E-state index is 10.4. The fourth-order valence-electron chi connectivity index (χ4n) is 8.43. The van der Waals surface area contributed by atoms with Crippen LogP contribution in [0.15, 0.2) is 12.1 Å². The molecule has 0 amide bonds. The lowest BCUT2D eigenvalue weighted by atomic mass is 9.39. The molecule has 2 heteroatoms. The van der Waals surface area contributed by atoms with Crippen LogP contribution in [0, 0.1) is 41.4 Å². The summed E-state index contributed by atoms with van der Waals surface area (Å²) in [4.78, 5) is 0. The summed E-state index contributed by atoms with van der Waals surface area (Å²) in [5, 5.41) is 20.7. The van der Waals surface area contributed by atoms with Gasteiger partial charge in [0.25, 0.3) is 0 Å². The molecule has 3 fully saturated rings. The molecule has 7 unspecified atom stereocenters. The van der Waals surface area contributed by atoms with Crippen LogP contribution in [0.4, 0.5) is 0 Å². The second-order valence-corrected chi connectivity index (χ2v) is 11.9. The third kappa shape index (κ3) is 2.47. The van der Waals surface area contributed by atoms with Gasteiger partial charge in [0, 0.05) is 11.0 Å². The summed E-state index contributed by atoms with van der Waals surface area (Å²) in [6.07, 6.45) is 14.1. The minimum atomic E-state index is 0.0410.